The summed E-state index contributed by atoms with van der Waals surface area (Å²) in [5, 5.41) is 0. The molecule has 11 heavy (non-hydrogen) atoms. The summed E-state index contributed by atoms with van der Waals surface area (Å²) in [4.78, 5) is 21.3. The second-order valence-electron chi connectivity index (χ2n) is 2.02. The number of ether oxygens (including phenoxy) is 3. The lowest BCUT2D eigenvalue weighted by Gasteiger charge is -1.92. The minimum absolute atomic E-state index is 0.541. The van der Waals surface area contributed by atoms with Crippen LogP contribution in [0.5, 0.6) is 0 Å². The zero-order valence-electron chi connectivity index (χ0n) is 6.20. The van der Waals surface area contributed by atoms with Gasteiger partial charge in [0.1, 0.15) is 0 Å². The number of hydrogen-bond donors (Lipinski definition) is 0. The Kier molecular flexibility index (Phi) is 2.09. The van der Waals surface area contributed by atoms with Crippen LogP contribution in [0.1, 0.15) is 0 Å². The van der Waals surface area contributed by atoms with Crippen LogP contribution in [-0.4, -0.2) is 38.4 Å². The lowest BCUT2D eigenvalue weighted by Crippen LogP contribution is -2.18. The molecule has 0 aromatic carbocycles. The van der Waals surface area contributed by atoms with Gasteiger partial charge in [0.2, 0.25) is 0 Å². The second kappa shape index (κ2) is 2.87. The van der Waals surface area contributed by atoms with Crippen LogP contribution in [0.3, 0.4) is 0 Å². The number of hydrogen-bond acceptors (Lipinski definition) is 5. The van der Waals surface area contributed by atoms with Gasteiger partial charge in [-0.2, -0.15) is 0 Å². The standard InChI is InChI=1S/C6H8O5/c1-9-5(7)3-4(11-3)6(8)10-2/h3-4H,1-2H3/t3-,4+. The van der Waals surface area contributed by atoms with Gasteiger partial charge in [-0.25, -0.2) is 9.59 Å². The second-order valence-corrected chi connectivity index (χ2v) is 2.02. The van der Waals surface area contributed by atoms with E-state index in [-0.39, 0.29) is 0 Å². The third-order valence-electron chi connectivity index (χ3n) is 1.36. The summed E-state index contributed by atoms with van der Waals surface area (Å²) >= 11 is 0. The Morgan fingerprint density at radius 2 is 1.45 bits per heavy atom. The first-order valence-corrected chi connectivity index (χ1v) is 3.02. The van der Waals surface area contributed by atoms with E-state index in [0.717, 1.165) is 0 Å². The van der Waals surface area contributed by atoms with Gasteiger partial charge in [-0.05, 0) is 0 Å². The van der Waals surface area contributed by atoms with Gasteiger partial charge in [-0.1, -0.05) is 0 Å². The number of esters is 2. The van der Waals surface area contributed by atoms with Crippen molar-refractivity contribution in [3.05, 3.63) is 0 Å². The van der Waals surface area contributed by atoms with E-state index < -0.39 is 24.1 Å². The Balaban J connectivity index is 2.37. The SMILES string of the molecule is COC(=O)[C@H]1O[C@H]1C(=O)OC. The zero-order valence-corrected chi connectivity index (χ0v) is 6.20. The monoisotopic (exact) mass is 160 g/mol. The molecule has 0 aliphatic carbocycles. The van der Waals surface area contributed by atoms with Crippen molar-refractivity contribution in [2.24, 2.45) is 0 Å². The molecule has 2 atom stereocenters. The van der Waals surface area contributed by atoms with Gasteiger partial charge in [0, 0.05) is 0 Å². The van der Waals surface area contributed by atoms with E-state index in [1.54, 1.807) is 0 Å². The van der Waals surface area contributed by atoms with Crippen LogP contribution in [0.4, 0.5) is 0 Å². The van der Waals surface area contributed by atoms with Crippen molar-refractivity contribution >= 4 is 11.9 Å². The number of carbonyl (C=O) groups is 2. The third-order valence-corrected chi connectivity index (χ3v) is 1.36. The summed E-state index contributed by atoms with van der Waals surface area (Å²) in [5.41, 5.74) is 0. The van der Waals surface area contributed by atoms with E-state index in [0.29, 0.717) is 0 Å². The fraction of sp³-hybridized carbons (Fsp3) is 0.667. The third kappa shape index (κ3) is 1.48. The van der Waals surface area contributed by atoms with Crippen LogP contribution in [0.15, 0.2) is 0 Å². The van der Waals surface area contributed by atoms with E-state index in [9.17, 15) is 9.59 Å². The average Bonchev–Trinajstić information content (AvgIpc) is 2.80. The molecule has 5 heteroatoms. The summed E-state index contributed by atoms with van der Waals surface area (Å²) < 4.78 is 13.3. The molecule has 1 fully saturated rings. The molecule has 0 radical (unpaired) electrons. The molecular formula is C6H8O5. The molecule has 1 aliphatic heterocycles. The highest BCUT2D eigenvalue weighted by molar-refractivity contribution is 5.89. The fourth-order valence-electron chi connectivity index (χ4n) is 0.703. The van der Waals surface area contributed by atoms with Crippen LogP contribution < -0.4 is 0 Å². The Hall–Kier alpha value is -1.10. The van der Waals surface area contributed by atoms with Crippen molar-refractivity contribution in [1.29, 1.82) is 0 Å². The molecule has 0 bridgehead atoms. The maximum atomic E-state index is 10.6. The lowest BCUT2D eigenvalue weighted by molar-refractivity contribution is -0.144. The fourth-order valence-corrected chi connectivity index (χ4v) is 0.703. The van der Waals surface area contributed by atoms with E-state index >= 15 is 0 Å². The summed E-state index contributed by atoms with van der Waals surface area (Å²) in [7, 11) is 2.47. The Bertz CT molecular complexity index is 167. The zero-order chi connectivity index (χ0) is 8.43. The van der Waals surface area contributed by atoms with Gasteiger partial charge in [-0.15, -0.1) is 0 Å². The van der Waals surface area contributed by atoms with Crippen LogP contribution in [-0.2, 0) is 23.8 Å². The van der Waals surface area contributed by atoms with Gasteiger partial charge in [0.15, 0.2) is 12.2 Å². The molecule has 0 spiro atoms. The van der Waals surface area contributed by atoms with Gasteiger partial charge in [-0.3, -0.25) is 0 Å². The lowest BCUT2D eigenvalue weighted by atomic mass is 10.3. The highest BCUT2D eigenvalue weighted by Crippen LogP contribution is 2.23. The Morgan fingerprint density at radius 3 is 1.73 bits per heavy atom. The molecule has 1 heterocycles. The normalized spacial score (nSPS) is 27.5. The molecule has 1 rings (SSSR count). The van der Waals surface area contributed by atoms with Crippen LogP contribution in [0.2, 0.25) is 0 Å². The van der Waals surface area contributed by atoms with Crippen molar-refractivity contribution in [3.63, 3.8) is 0 Å². The molecule has 0 aromatic rings. The highest BCUT2D eigenvalue weighted by atomic mass is 16.7. The van der Waals surface area contributed by atoms with Gasteiger partial charge in [0.05, 0.1) is 14.2 Å². The first kappa shape index (κ1) is 8.00. The van der Waals surface area contributed by atoms with E-state index in [1.807, 2.05) is 0 Å². The Morgan fingerprint density at radius 1 is 1.09 bits per heavy atom. The molecule has 1 saturated heterocycles. The van der Waals surface area contributed by atoms with Crippen molar-refractivity contribution in [2.75, 3.05) is 14.2 Å². The molecule has 0 aromatic heterocycles. The number of epoxide rings is 1. The number of rotatable bonds is 2. The van der Waals surface area contributed by atoms with Crippen LogP contribution in [0, 0.1) is 0 Å². The number of carbonyl (C=O) groups excluding carboxylic acids is 2. The van der Waals surface area contributed by atoms with Crippen LogP contribution >= 0.6 is 0 Å². The molecule has 1 aliphatic rings. The molecule has 0 unspecified atom stereocenters. The average molecular weight is 160 g/mol. The first-order valence-electron chi connectivity index (χ1n) is 3.02. The minimum atomic E-state index is -0.757. The molecule has 5 nitrogen and oxygen atoms in total. The van der Waals surface area contributed by atoms with Crippen molar-refractivity contribution in [3.8, 4) is 0 Å². The van der Waals surface area contributed by atoms with Gasteiger partial charge < -0.3 is 14.2 Å². The largest absolute Gasteiger partial charge is 0.467 e. The van der Waals surface area contributed by atoms with Crippen molar-refractivity contribution in [1.82, 2.24) is 0 Å². The highest BCUT2D eigenvalue weighted by Gasteiger charge is 2.52. The smallest absolute Gasteiger partial charge is 0.338 e. The van der Waals surface area contributed by atoms with E-state index in [4.69, 9.17) is 0 Å². The minimum Gasteiger partial charge on any atom is -0.467 e. The molecule has 0 amide bonds. The van der Waals surface area contributed by atoms with Crippen molar-refractivity contribution in [2.45, 2.75) is 12.2 Å². The molecule has 0 saturated carbocycles. The predicted molar refractivity (Wildman–Crippen MR) is 32.7 cm³/mol. The quantitative estimate of drug-likeness (QED) is 0.387. The van der Waals surface area contributed by atoms with Gasteiger partial charge >= 0.3 is 11.9 Å². The summed E-state index contributed by atoms with van der Waals surface area (Å²) in [6.07, 6.45) is -1.51. The first-order chi connectivity index (χ1) is 5.20. The topological polar surface area (TPSA) is 65.1 Å². The predicted octanol–water partition coefficient (Wildman–Crippen LogP) is -0.900. The number of methoxy groups -OCH3 is 2. The summed E-state index contributed by atoms with van der Waals surface area (Å²) in [6.45, 7) is 0. The van der Waals surface area contributed by atoms with Gasteiger partial charge in [0.25, 0.3) is 0 Å². The maximum Gasteiger partial charge on any atom is 0.338 e. The van der Waals surface area contributed by atoms with E-state index in [1.165, 1.54) is 14.2 Å². The summed E-state index contributed by atoms with van der Waals surface area (Å²) in [5.74, 6) is -1.08. The Labute approximate surface area is 63.2 Å². The van der Waals surface area contributed by atoms with E-state index in [2.05, 4.69) is 14.2 Å². The molecular weight excluding hydrogens is 152 g/mol. The van der Waals surface area contributed by atoms with Crippen molar-refractivity contribution < 1.29 is 23.8 Å². The molecule has 62 valence electrons. The maximum absolute atomic E-state index is 10.6. The molecule has 0 N–H and O–H groups in total. The summed E-state index contributed by atoms with van der Waals surface area (Å²) in [6, 6.07) is 0. The van der Waals surface area contributed by atoms with Crippen LogP contribution in [0.25, 0.3) is 0 Å².